The molecule has 3 atom stereocenters. The number of piperidine rings is 2. The Morgan fingerprint density at radius 3 is 2.40 bits per heavy atom. The first-order valence-corrected chi connectivity index (χ1v) is 12.1. The molecule has 1 aromatic rings. The molecule has 186 valence electrons. The number of likely N-dealkylation sites (tertiary alicyclic amines) is 1. The number of fused-ring (bicyclic) bond motifs is 2. The van der Waals surface area contributed by atoms with E-state index in [1.54, 1.807) is 17.0 Å². The van der Waals surface area contributed by atoms with Crippen LogP contribution in [0.4, 0.5) is 10.5 Å². The van der Waals surface area contributed by atoms with Gasteiger partial charge in [-0.25, -0.2) is 4.79 Å². The highest BCUT2D eigenvalue weighted by Crippen LogP contribution is 2.36. The summed E-state index contributed by atoms with van der Waals surface area (Å²) in [6.45, 7) is 8.40. The lowest BCUT2D eigenvalue weighted by Crippen LogP contribution is -2.54. The predicted octanol–water partition coefficient (Wildman–Crippen LogP) is 1.78. The summed E-state index contributed by atoms with van der Waals surface area (Å²) in [4.78, 5) is 67.3. The van der Waals surface area contributed by atoms with Crippen LogP contribution in [0, 0.1) is 11.8 Å². The molecule has 3 fully saturated rings. The molecule has 10 nitrogen and oxygen atoms in total. The number of nitrogens with zero attached hydrogens (tertiary/aromatic N) is 3. The van der Waals surface area contributed by atoms with E-state index in [9.17, 15) is 24.0 Å². The van der Waals surface area contributed by atoms with Crippen LogP contribution in [0.1, 0.15) is 60.7 Å². The fourth-order valence-electron chi connectivity index (χ4n) is 5.53. The minimum absolute atomic E-state index is 0.0890. The number of carbonyl (C=O) groups is 5. The fraction of sp³-hybridized carbons (Fsp3) is 0.560. The predicted molar refractivity (Wildman–Crippen MR) is 125 cm³/mol. The van der Waals surface area contributed by atoms with Crippen molar-refractivity contribution in [3.05, 3.63) is 29.3 Å². The van der Waals surface area contributed by atoms with Gasteiger partial charge in [0.1, 0.15) is 11.6 Å². The second-order valence-corrected chi connectivity index (χ2v) is 10.8. The number of imide groups is 2. The number of ether oxygens (including phenoxy) is 1. The number of amides is 5. The topological polar surface area (TPSA) is 116 Å². The van der Waals surface area contributed by atoms with E-state index in [2.05, 4.69) is 10.2 Å². The van der Waals surface area contributed by atoms with E-state index in [-0.39, 0.29) is 30.1 Å². The Labute approximate surface area is 203 Å². The summed E-state index contributed by atoms with van der Waals surface area (Å²) < 4.78 is 5.54. The molecule has 3 saturated heterocycles. The summed E-state index contributed by atoms with van der Waals surface area (Å²) >= 11 is 0. The molecule has 0 spiro atoms. The maximum atomic E-state index is 13.1. The van der Waals surface area contributed by atoms with Gasteiger partial charge in [-0.2, -0.15) is 0 Å². The summed E-state index contributed by atoms with van der Waals surface area (Å²) in [5.74, 6) is -1.33. The number of benzene rings is 1. The van der Waals surface area contributed by atoms with Gasteiger partial charge in [-0.05, 0) is 63.6 Å². The lowest BCUT2D eigenvalue weighted by atomic mass is 9.88. The van der Waals surface area contributed by atoms with E-state index < -0.39 is 35.3 Å². The SMILES string of the molecule is CC(C)(C)OC(=O)N1CC2CCN(c3ccc4c(c3)C(=O)N(C3CCC(=O)NC3=O)C4=O)CC2C1. The largest absolute Gasteiger partial charge is 0.444 e. The van der Waals surface area contributed by atoms with Crippen molar-refractivity contribution in [3.8, 4) is 0 Å². The highest BCUT2D eigenvalue weighted by Gasteiger charge is 2.45. The Kier molecular flexibility index (Phi) is 5.56. The van der Waals surface area contributed by atoms with Crippen LogP contribution in [-0.2, 0) is 14.3 Å². The molecule has 0 bridgehead atoms. The smallest absolute Gasteiger partial charge is 0.410 e. The summed E-state index contributed by atoms with van der Waals surface area (Å²) in [7, 11) is 0. The van der Waals surface area contributed by atoms with Gasteiger partial charge in [0.05, 0.1) is 11.1 Å². The molecule has 5 rings (SSSR count). The van der Waals surface area contributed by atoms with Gasteiger partial charge in [-0.3, -0.25) is 29.4 Å². The van der Waals surface area contributed by atoms with Crippen LogP contribution in [0.5, 0.6) is 0 Å². The van der Waals surface area contributed by atoms with Crippen LogP contribution in [0.25, 0.3) is 0 Å². The second-order valence-electron chi connectivity index (χ2n) is 10.8. The third kappa shape index (κ3) is 4.26. The minimum Gasteiger partial charge on any atom is -0.444 e. The lowest BCUT2D eigenvalue weighted by Gasteiger charge is -2.36. The zero-order chi connectivity index (χ0) is 25.1. The molecule has 10 heteroatoms. The van der Waals surface area contributed by atoms with Gasteiger partial charge in [-0.1, -0.05) is 0 Å². The fourth-order valence-corrected chi connectivity index (χ4v) is 5.53. The highest BCUT2D eigenvalue weighted by atomic mass is 16.6. The summed E-state index contributed by atoms with van der Waals surface area (Å²) in [6.07, 6.45) is 0.850. The van der Waals surface area contributed by atoms with E-state index in [0.717, 1.165) is 30.1 Å². The molecule has 0 saturated carbocycles. The van der Waals surface area contributed by atoms with Crippen molar-refractivity contribution in [2.45, 2.75) is 51.7 Å². The molecule has 35 heavy (non-hydrogen) atoms. The van der Waals surface area contributed by atoms with Gasteiger partial charge in [0.15, 0.2) is 0 Å². The normalized spacial score (nSPS) is 26.6. The number of nitrogens with one attached hydrogen (secondary N) is 1. The van der Waals surface area contributed by atoms with Gasteiger partial charge in [-0.15, -0.1) is 0 Å². The second kappa shape index (κ2) is 8.35. The van der Waals surface area contributed by atoms with E-state index >= 15 is 0 Å². The zero-order valence-corrected chi connectivity index (χ0v) is 20.2. The molecule has 4 heterocycles. The average Bonchev–Trinajstić information content (AvgIpc) is 3.32. The Balaban J connectivity index is 1.29. The lowest BCUT2D eigenvalue weighted by molar-refractivity contribution is -0.136. The van der Waals surface area contributed by atoms with Crippen LogP contribution in [0.2, 0.25) is 0 Å². The maximum absolute atomic E-state index is 13.1. The Bertz CT molecular complexity index is 1130. The summed E-state index contributed by atoms with van der Waals surface area (Å²) in [6, 6.07) is 4.22. The first kappa shape index (κ1) is 23.3. The molecule has 0 aromatic heterocycles. The third-order valence-corrected chi connectivity index (χ3v) is 7.24. The van der Waals surface area contributed by atoms with Crippen LogP contribution >= 0.6 is 0 Å². The number of hydrogen-bond donors (Lipinski definition) is 1. The molecular weight excluding hydrogens is 452 g/mol. The molecule has 1 aromatic carbocycles. The van der Waals surface area contributed by atoms with E-state index in [4.69, 9.17) is 4.74 Å². The van der Waals surface area contributed by atoms with Crippen molar-refractivity contribution in [1.29, 1.82) is 0 Å². The van der Waals surface area contributed by atoms with Gasteiger partial charge < -0.3 is 14.5 Å². The molecule has 4 aliphatic rings. The minimum atomic E-state index is -0.975. The maximum Gasteiger partial charge on any atom is 0.410 e. The van der Waals surface area contributed by atoms with Gasteiger partial charge in [0.25, 0.3) is 11.8 Å². The van der Waals surface area contributed by atoms with Crippen molar-refractivity contribution in [2.24, 2.45) is 11.8 Å². The Hall–Kier alpha value is -3.43. The summed E-state index contributed by atoms with van der Waals surface area (Å²) in [5.41, 5.74) is 0.855. The quantitative estimate of drug-likeness (QED) is 0.639. The monoisotopic (exact) mass is 482 g/mol. The van der Waals surface area contributed by atoms with Crippen LogP contribution < -0.4 is 10.2 Å². The van der Waals surface area contributed by atoms with Crippen LogP contribution in [-0.4, -0.2) is 77.3 Å². The van der Waals surface area contributed by atoms with Crippen molar-refractivity contribution >= 4 is 35.4 Å². The number of anilines is 1. The molecule has 3 unspecified atom stereocenters. The molecule has 0 aliphatic carbocycles. The van der Waals surface area contributed by atoms with Gasteiger partial charge in [0.2, 0.25) is 11.8 Å². The van der Waals surface area contributed by atoms with E-state index in [0.29, 0.717) is 24.9 Å². The standard InChI is InChI=1S/C25H30N4O6/c1-25(2,3)35-24(34)28-11-14-8-9-27(12-15(14)13-28)16-4-5-17-18(10-16)23(33)29(22(17)32)19-6-7-20(30)26-21(19)31/h4-5,10,14-15,19H,6-9,11-13H2,1-3H3,(H,26,30,31). The number of rotatable bonds is 2. The first-order chi connectivity index (χ1) is 16.5. The third-order valence-electron chi connectivity index (χ3n) is 7.24. The van der Waals surface area contributed by atoms with Gasteiger partial charge >= 0.3 is 6.09 Å². The number of carbonyl (C=O) groups excluding carboxylic acids is 5. The molecule has 4 aliphatic heterocycles. The molecule has 0 radical (unpaired) electrons. The Morgan fingerprint density at radius 2 is 1.69 bits per heavy atom. The van der Waals surface area contributed by atoms with E-state index in [1.807, 2.05) is 26.8 Å². The molecular formula is C25H30N4O6. The highest BCUT2D eigenvalue weighted by molar-refractivity contribution is 6.23. The molecule has 1 N–H and O–H groups in total. The average molecular weight is 483 g/mol. The Morgan fingerprint density at radius 1 is 0.971 bits per heavy atom. The van der Waals surface area contributed by atoms with Crippen molar-refractivity contribution in [1.82, 2.24) is 15.1 Å². The number of hydrogen-bond acceptors (Lipinski definition) is 7. The van der Waals surface area contributed by atoms with Crippen molar-refractivity contribution in [3.63, 3.8) is 0 Å². The molecule has 5 amide bonds. The van der Waals surface area contributed by atoms with Crippen LogP contribution in [0.15, 0.2) is 18.2 Å². The van der Waals surface area contributed by atoms with Crippen molar-refractivity contribution in [2.75, 3.05) is 31.1 Å². The first-order valence-electron chi connectivity index (χ1n) is 12.1. The summed E-state index contributed by atoms with van der Waals surface area (Å²) in [5, 5.41) is 2.21. The van der Waals surface area contributed by atoms with E-state index in [1.165, 1.54) is 0 Å². The van der Waals surface area contributed by atoms with Crippen molar-refractivity contribution < 1.29 is 28.7 Å². The zero-order valence-electron chi connectivity index (χ0n) is 20.2. The van der Waals surface area contributed by atoms with Gasteiger partial charge in [0, 0.05) is 38.3 Å². The van der Waals surface area contributed by atoms with Crippen LogP contribution in [0.3, 0.4) is 0 Å².